The topological polar surface area (TPSA) is 52.0 Å². The molecule has 0 aliphatic heterocycles. The molecule has 0 fully saturated rings. The number of hydrogen-bond donors (Lipinski definition) is 2. The summed E-state index contributed by atoms with van der Waals surface area (Å²) < 4.78 is 74.5. The van der Waals surface area contributed by atoms with Gasteiger partial charge in [0.15, 0.2) is 0 Å². The number of nitrogens with two attached hydrogens (primary N) is 2. The van der Waals surface area contributed by atoms with Crippen LogP contribution in [0.4, 0.5) is 32.0 Å². The maximum absolute atomic E-state index is 12.5. The van der Waals surface area contributed by atoms with Crippen molar-refractivity contribution in [1.82, 2.24) is 0 Å². The van der Waals surface area contributed by atoms with Gasteiger partial charge in [-0.3, -0.25) is 0 Å². The Bertz CT molecular complexity index is 421. The number of hydrogen-bond acceptors (Lipinski definition) is 2. The molecule has 4 N–H and O–H groups in total. The minimum atomic E-state index is -4.81. The second-order valence-electron chi connectivity index (χ2n) is 3.30. The number of alkyl halides is 6. The Hall–Kier alpha value is -1.44. The largest absolute Gasteiger partial charge is 0.418 e. The first-order valence-corrected chi connectivity index (χ1v) is 4.34. The van der Waals surface area contributed by atoms with Crippen LogP contribution in [0.25, 0.3) is 0 Å². The smallest absolute Gasteiger partial charge is 0.398 e. The van der Waals surface area contributed by atoms with Crippen LogP contribution in [0.5, 0.6) is 0 Å². The average molecular weight is 258 g/mol. The molecule has 0 saturated heterocycles. The van der Waals surface area contributed by atoms with E-state index in [1.807, 2.05) is 0 Å². The molecule has 0 aliphatic rings. The molecule has 1 aromatic carbocycles. The Morgan fingerprint density at radius 3 is 1.71 bits per heavy atom. The van der Waals surface area contributed by atoms with Crippen molar-refractivity contribution in [1.29, 1.82) is 0 Å². The molecule has 17 heavy (non-hydrogen) atoms. The van der Waals surface area contributed by atoms with Gasteiger partial charge in [0.25, 0.3) is 0 Å². The maximum atomic E-state index is 12.5. The molecule has 0 amide bonds. The van der Waals surface area contributed by atoms with E-state index in [9.17, 15) is 26.3 Å². The molecule has 0 aliphatic carbocycles. The fourth-order valence-corrected chi connectivity index (χ4v) is 1.34. The third-order valence-electron chi connectivity index (χ3n) is 2.11. The van der Waals surface area contributed by atoms with E-state index in [-0.39, 0.29) is 6.07 Å². The summed E-state index contributed by atoms with van der Waals surface area (Å²) in [5.74, 6) is 0. The van der Waals surface area contributed by atoms with Crippen LogP contribution in [0.3, 0.4) is 0 Å². The number of rotatable bonds is 1. The molecule has 1 rings (SSSR count). The summed E-state index contributed by atoms with van der Waals surface area (Å²) in [5, 5.41) is 0. The molecule has 0 unspecified atom stereocenters. The van der Waals surface area contributed by atoms with Crippen molar-refractivity contribution in [2.45, 2.75) is 18.9 Å². The van der Waals surface area contributed by atoms with Gasteiger partial charge in [0, 0.05) is 12.2 Å². The van der Waals surface area contributed by atoms with E-state index in [2.05, 4.69) is 0 Å². The highest BCUT2D eigenvalue weighted by Crippen LogP contribution is 2.39. The number of halogens is 6. The van der Waals surface area contributed by atoms with E-state index in [0.717, 1.165) is 0 Å². The highest BCUT2D eigenvalue weighted by Gasteiger charge is 2.38. The summed E-state index contributed by atoms with van der Waals surface area (Å²) in [7, 11) is 0. The second kappa shape index (κ2) is 4.10. The molecule has 8 heteroatoms. The standard InChI is InChI=1S/C9H8F6N2/c10-8(11,12)5-2-7(17)6(9(13,14)15)1-4(5)3-16/h1-2H,3,16-17H2. The molecule has 0 saturated carbocycles. The highest BCUT2D eigenvalue weighted by molar-refractivity contribution is 5.54. The monoisotopic (exact) mass is 258 g/mol. The zero-order valence-electron chi connectivity index (χ0n) is 8.28. The van der Waals surface area contributed by atoms with Gasteiger partial charge in [-0.05, 0) is 17.7 Å². The van der Waals surface area contributed by atoms with E-state index in [1.54, 1.807) is 0 Å². The molecule has 0 bridgehead atoms. The van der Waals surface area contributed by atoms with Gasteiger partial charge in [-0.15, -0.1) is 0 Å². The summed E-state index contributed by atoms with van der Waals surface area (Å²) in [6.45, 7) is -0.655. The fraction of sp³-hybridized carbons (Fsp3) is 0.333. The maximum Gasteiger partial charge on any atom is 0.418 e. The van der Waals surface area contributed by atoms with Crippen LogP contribution in [0.1, 0.15) is 16.7 Å². The SMILES string of the molecule is NCc1cc(C(F)(F)F)c(N)cc1C(F)(F)F. The highest BCUT2D eigenvalue weighted by atomic mass is 19.4. The van der Waals surface area contributed by atoms with Crippen molar-refractivity contribution in [2.75, 3.05) is 5.73 Å². The Labute approximate surface area is 92.2 Å². The van der Waals surface area contributed by atoms with Gasteiger partial charge in [-0.2, -0.15) is 26.3 Å². The van der Waals surface area contributed by atoms with Gasteiger partial charge in [0.2, 0.25) is 0 Å². The summed E-state index contributed by atoms with van der Waals surface area (Å²) in [6, 6.07) is 0.586. The Balaban J connectivity index is 3.46. The minimum absolute atomic E-state index is 0.255. The second-order valence-corrected chi connectivity index (χ2v) is 3.30. The van der Waals surface area contributed by atoms with E-state index in [0.29, 0.717) is 6.07 Å². The van der Waals surface area contributed by atoms with Gasteiger partial charge in [-0.25, -0.2) is 0 Å². The molecular formula is C9H8F6N2. The number of anilines is 1. The Morgan fingerprint density at radius 2 is 1.35 bits per heavy atom. The van der Waals surface area contributed by atoms with Crippen molar-refractivity contribution < 1.29 is 26.3 Å². The van der Waals surface area contributed by atoms with Gasteiger partial charge in [0.05, 0.1) is 11.1 Å². The van der Waals surface area contributed by atoms with Crippen molar-refractivity contribution in [3.63, 3.8) is 0 Å². The van der Waals surface area contributed by atoms with Gasteiger partial charge in [0.1, 0.15) is 0 Å². The lowest BCUT2D eigenvalue weighted by molar-refractivity contribution is -0.141. The van der Waals surface area contributed by atoms with Crippen molar-refractivity contribution in [3.8, 4) is 0 Å². The molecule has 0 heterocycles. The van der Waals surface area contributed by atoms with E-state index >= 15 is 0 Å². The van der Waals surface area contributed by atoms with Crippen molar-refractivity contribution in [2.24, 2.45) is 5.73 Å². The Morgan fingerprint density at radius 1 is 0.882 bits per heavy atom. The van der Waals surface area contributed by atoms with Gasteiger partial charge in [-0.1, -0.05) is 0 Å². The van der Waals surface area contributed by atoms with Gasteiger partial charge >= 0.3 is 12.4 Å². The molecular weight excluding hydrogens is 250 g/mol. The lowest BCUT2D eigenvalue weighted by Gasteiger charge is -2.16. The fourth-order valence-electron chi connectivity index (χ4n) is 1.34. The van der Waals surface area contributed by atoms with Crippen LogP contribution >= 0.6 is 0 Å². The summed E-state index contributed by atoms with van der Waals surface area (Å²) >= 11 is 0. The predicted octanol–water partition coefficient (Wildman–Crippen LogP) is 2.77. The van der Waals surface area contributed by atoms with Crippen LogP contribution in [0.15, 0.2) is 12.1 Å². The molecule has 96 valence electrons. The van der Waals surface area contributed by atoms with E-state index in [1.165, 1.54) is 0 Å². The summed E-state index contributed by atoms with van der Waals surface area (Å²) in [4.78, 5) is 0. The van der Waals surface area contributed by atoms with Crippen LogP contribution in [0, 0.1) is 0 Å². The van der Waals surface area contributed by atoms with E-state index in [4.69, 9.17) is 11.5 Å². The molecule has 0 spiro atoms. The quantitative estimate of drug-likeness (QED) is 0.601. The molecule has 1 aromatic rings. The lowest BCUT2D eigenvalue weighted by atomic mass is 10.0. The third-order valence-corrected chi connectivity index (χ3v) is 2.11. The zero-order chi connectivity index (χ0) is 13.4. The van der Waals surface area contributed by atoms with Crippen LogP contribution in [0.2, 0.25) is 0 Å². The zero-order valence-corrected chi connectivity index (χ0v) is 8.28. The first kappa shape index (κ1) is 13.6. The van der Waals surface area contributed by atoms with Crippen LogP contribution < -0.4 is 11.5 Å². The Kier molecular flexibility index (Phi) is 3.28. The number of nitrogen functional groups attached to an aromatic ring is 1. The molecule has 0 aromatic heterocycles. The van der Waals surface area contributed by atoms with Crippen LogP contribution in [-0.2, 0) is 18.9 Å². The van der Waals surface area contributed by atoms with Crippen molar-refractivity contribution >= 4 is 5.69 Å². The molecule has 2 nitrogen and oxygen atoms in total. The normalized spacial score (nSPS) is 12.9. The number of benzene rings is 1. The van der Waals surface area contributed by atoms with Crippen LogP contribution in [-0.4, -0.2) is 0 Å². The summed E-state index contributed by atoms with van der Waals surface area (Å²) in [5.41, 5.74) is 5.80. The van der Waals surface area contributed by atoms with Gasteiger partial charge < -0.3 is 11.5 Å². The predicted molar refractivity (Wildman–Crippen MR) is 48.7 cm³/mol. The van der Waals surface area contributed by atoms with E-state index < -0.39 is 41.3 Å². The lowest BCUT2D eigenvalue weighted by Crippen LogP contribution is -2.17. The summed E-state index contributed by atoms with van der Waals surface area (Å²) in [6.07, 6.45) is -9.59. The first-order valence-electron chi connectivity index (χ1n) is 4.34. The minimum Gasteiger partial charge on any atom is -0.398 e. The van der Waals surface area contributed by atoms with Crippen molar-refractivity contribution in [3.05, 3.63) is 28.8 Å². The first-order chi connectivity index (χ1) is 7.57. The molecule has 0 atom stereocenters. The third kappa shape index (κ3) is 2.82. The average Bonchev–Trinajstić information content (AvgIpc) is 2.14. The molecule has 0 radical (unpaired) electrons.